The van der Waals surface area contributed by atoms with Crippen molar-refractivity contribution in [2.75, 3.05) is 6.61 Å². The summed E-state index contributed by atoms with van der Waals surface area (Å²) in [5.41, 5.74) is 4.31. The minimum atomic E-state index is -0.220. The molecule has 0 aromatic carbocycles. The van der Waals surface area contributed by atoms with E-state index in [0.717, 1.165) is 18.4 Å². The van der Waals surface area contributed by atoms with Crippen LogP contribution in [0.15, 0.2) is 0 Å². The van der Waals surface area contributed by atoms with E-state index in [1.165, 1.54) is 17.7 Å². The Morgan fingerprint density at radius 2 is 2.31 bits per heavy atom. The fraction of sp³-hybridized carbons (Fsp3) is 0.615. The van der Waals surface area contributed by atoms with Crippen LogP contribution in [0.3, 0.4) is 0 Å². The minimum absolute atomic E-state index is 0.220. The Balaban J connectivity index is 2.32. The van der Waals surface area contributed by atoms with E-state index in [4.69, 9.17) is 4.74 Å². The van der Waals surface area contributed by atoms with Crippen molar-refractivity contribution in [3.05, 3.63) is 22.5 Å². The van der Waals surface area contributed by atoms with Crippen LogP contribution in [0.1, 0.15) is 47.6 Å². The Kier molecular flexibility index (Phi) is 3.03. The third-order valence-corrected chi connectivity index (χ3v) is 3.39. The summed E-state index contributed by atoms with van der Waals surface area (Å²) in [6, 6.07) is 0. The fourth-order valence-electron chi connectivity index (χ4n) is 2.46. The SMILES string of the molecule is CCOC(=O)c1[nH]c2c(c1C)CCC(C)C2. The highest BCUT2D eigenvalue weighted by Crippen LogP contribution is 2.29. The van der Waals surface area contributed by atoms with Gasteiger partial charge >= 0.3 is 5.97 Å². The molecule has 2 rings (SSSR count). The summed E-state index contributed by atoms with van der Waals surface area (Å²) in [7, 11) is 0. The van der Waals surface area contributed by atoms with Crippen LogP contribution in [0.2, 0.25) is 0 Å². The van der Waals surface area contributed by atoms with Crippen molar-refractivity contribution in [2.45, 2.75) is 40.0 Å². The van der Waals surface area contributed by atoms with Gasteiger partial charge in [0.2, 0.25) is 0 Å². The first kappa shape index (κ1) is 11.2. The molecular formula is C13H19NO2. The zero-order valence-corrected chi connectivity index (χ0v) is 10.2. The monoisotopic (exact) mass is 221 g/mol. The summed E-state index contributed by atoms with van der Waals surface area (Å²) in [6.45, 7) is 6.53. The Labute approximate surface area is 96.2 Å². The number of hydrogen-bond acceptors (Lipinski definition) is 2. The normalized spacial score (nSPS) is 19.3. The van der Waals surface area contributed by atoms with Crippen LogP contribution in [0.5, 0.6) is 0 Å². The summed E-state index contributed by atoms with van der Waals surface area (Å²) in [4.78, 5) is 15.0. The van der Waals surface area contributed by atoms with Gasteiger partial charge < -0.3 is 9.72 Å². The van der Waals surface area contributed by atoms with Gasteiger partial charge in [0.1, 0.15) is 5.69 Å². The highest BCUT2D eigenvalue weighted by atomic mass is 16.5. The van der Waals surface area contributed by atoms with Gasteiger partial charge in [-0.3, -0.25) is 0 Å². The molecule has 0 radical (unpaired) electrons. The van der Waals surface area contributed by atoms with Crippen LogP contribution in [-0.2, 0) is 17.6 Å². The predicted octanol–water partition coefficient (Wildman–Crippen LogP) is 2.62. The molecule has 0 fully saturated rings. The summed E-state index contributed by atoms with van der Waals surface area (Å²) in [5, 5.41) is 0. The number of carbonyl (C=O) groups is 1. The van der Waals surface area contributed by atoms with Crippen molar-refractivity contribution in [3.8, 4) is 0 Å². The van der Waals surface area contributed by atoms with Gasteiger partial charge in [-0.05, 0) is 50.2 Å². The first-order valence-electron chi connectivity index (χ1n) is 6.00. The maximum Gasteiger partial charge on any atom is 0.355 e. The van der Waals surface area contributed by atoms with E-state index < -0.39 is 0 Å². The first-order chi connectivity index (χ1) is 7.63. The molecule has 1 N–H and O–H groups in total. The van der Waals surface area contributed by atoms with Crippen molar-refractivity contribution >= 4 is 5.97 Å². The van der Waals surface area contributed by atoms with E-state index in [2.05, 4.69) is 11.9 Å². The molecule has 1 heterocycles. The highest BCUT2D eigenvalue weighted by Gasteiger charge is 2.24. The molecule has 16 heavy (non-hydrogen) atoms. The smallest absolute Gasteiger partial charge is 0.355 e. The highest BCUT2D eigenvalue weighted by molar-refractivity contribution is 5.89. The number of ether oxygens (including phenoxy) is 1. The van der Waals surface area contributed by atoms with Gasteiger partial charge in [-0.1, -0.05) is 6.92 Å². The summed E-state index contributed by atoms with van der Waals surface area (Å²) >= 11 is 0. The number of nitrogens with one attached hydrogen (secondary N) is 1. The van der Waals surface area contributed by atoms with Gasteiger partial charge in [0, 0.05) is 5.69 Å². The maximum absolute atomic E-state index is 11.7. The van der Waals surface area contributed by atoms with Gasteiger partial charge in [0.25, 0.3) is 0 Å². The molecule has 0 saturated carbocycles. The number of H-pyrrole nitrogens is 1. The maximum atomic E-state index is 11.7. The summed E-state index contributed by atoms with van der Waals surface area (Å²) in [5.74, 6) is 0.489. The van der Waals surface area contributed by atoms with E-state index in [0.29, 0.717) is 18.2 Å². The van der Waals surface area contributed by atoms with E-state index in [1.54, 1.807) is 0 Å². The van der Waals surface area contributed by atoms with Gasteiger partial charge in [-0.15, -0.1) is 0 Å². The molecule has 88 valence electrons. The molecule has 0 aliphatic heterocycles. The van der Waals surface area contributed by atoms with Gasteiger partial charge in [0.15, 0.2) is 0 Å². The number of esters is 1. The Morgan fingerprint density at radius 1 is 1.56 bits per heavy atom. The largest absolute Gasteiger partial charge is 0.461 e. The second kappa shape index (κ2) is 4.32. The molecule has 1 unspecified atom stereocenters. The first-order valence-corrected chi connectivity index (χ1v) is 6.00. The van der Waals surface area contributed by atoms with Crippen molar-refractivity contribution in [1.82, 2.24) is 4.98 Å². The van der Waals surface area contributed by atoms with Crippen molar-refractivity contribution < 1.29 is 9.53 Å². The van der Waals surface area contributed by atoms with E-state index in [9.17, 15) is 4.79 Å². The number of aromatic nitrogens is 1. The van der Waals surface area contributed by atoms with Gasteiger partial charge in [-0.25, -0.2) is 4.79 Å². The Morgan fingerprint density at radius 3 is 3.00 bits per heavy atom. The Hall–Kier alpha value is -1.25. The molecule has 1 aliphatic carbocycles. The van der Waals surface area contributed by atoms with Crippen LogP contribution < -0.4 is 0 Å². The molecule has 0 saturated heterocycles. The molecule has 1 atom stereocenters. The molecule has 3 nitrogen and oxygen atoms in total. The van der Waals surface area contributed by atoms with Crippen molar-refractivity contribution in [3.63, 3.8) is 0 Å². The summed E-state index contributed by atoms with van der Waals surface area (Å²) < 4.78 is 5.04. The molecule has 1 aromatic heterocycles. The quantitative estimate of drug-likeness (QED) is 0.780. The molecule has 0 amide bonds. The third kappa shape index (κ3) is 1.86. The lowest BCUT2D eigenvalue weighted by molar-refractivity contribution is 0.0519. The average molecular weight is 221 g/mol. The lowest BCUT2D eigenvalue weighted by Gasteiger charge is -2.18. The summed E-state index contributed by atoms with van der Waals surface area (Å²) in [6.07, 6.45) is 3.35. The molecular weight excluding hydrogens is 202 g/mol. The van der Waals surface area contributed by atoms with Crippen LogP contribution in [0.25, 0.3) is 0 Å². The van der Waals surface area contributed by atoms with Crippen molar-refractivity contribution in [2.24, 2.45) is 5.92 Å². The number of rotatable bonds is 2. The Bertz CT molecular complexity index is 406. The third-order valence-electron chi connectivity index (χ3n) is 3.39. The predicted molar refractivity (Wildman–Crippen MR) is 62.7 cm³/mol. The second-order valence-electron chi connectivity index (χ2n) is 4.65. The average Bonchev–Trinajstić information content (AvgIpc) is 2.56. The van der Waals surface area contributed by atoms with Gasteiger partial charge in [-0.2, -0.15) is 0 Å². The molecule has 0 bridgehead atoms. The number of aromatic amines is 1. The zero-order valence-electron chi connectivity index (χ0n) is 10.2. The lowest BCUT2D eigenvalue weighted by atomic mass is 9.88. The number of hydrogen-bond donors (Lipinski definition) is 1. The molecule has 3 heteroatoms. The number of fused-ring (bicyclic) bond motifs is 1. The lowest BCUT2D eigenvalue weighted by Crippen LogP contribution is -2.10. The van der Waals surface area contributed by atoms with Crippen LogP contribution in [0.4, 0.5) is 0 Å². The standard InChI is InChI=1S/C13H19NO2/c1-4-16-13(15)12-9(3)10-6-5-8(2)7-11(10)14-12/h8,14H,4-7H2,1-3H3. The zero-order chi connectivity index (χ0) is 11.7. The molecule has 0 spiro atoms. The van der Waals surface area contributed by atoms with E-state index >= 15 is 0 Å². The second-order valence-corrected chi connectivity index (χ2v) is 4.65. The van der Waals surface area contributed by atoms with Crippen LogP contribution >= 0.6 is 0 Å². The minimum Gasteiger partial charge on any atom is -0.461 e. The van der Waals surface area contributed by atoms with Crippen LogP contribution in [0, 0.1) is 12.8 Å². The number of carbonyl (C=O) groups excluding carboxylic acids is 1. The van der Waals surface area contributed by atoms with E-state index in [-0.39, 0.29) is 5.97 Å². The van der Waals surface area contributed by atoms with Gasteiger partial charge in [0.05, 0.1) is 6.61 Å². The van der Waals surface area contributed by atoms with Crippen LogP contribution in [-0.4, -0.2) is 17.6 Å². The fourth-order valence-corrected chi connectivity index (χ4v) is 2.46. The van der Waals surface area contributed by atoms with Crippen molar-refractivity contribution in [1.29, 1.82) is 0 Å². The molecule has 1 aromatic rings. The van der Waals surface area contributed by atoms with E-state index in [1.807, 2.05) is 13.8 Å². The topological polar surface area (TPSA) is 42.1 Å². The molecule has 1 aliphatic rings.